The number of nitrogens with zero attached hydrogens (tertiary/aromatic N) is 1. The number of hydrogen-bond donors (Lipinski definition) is 2. The molecule has 0 bridgehead atoms. The molecule has 0 atom stereocenters. The van der Waals surface area contributed by atoms with Gasteiger partial charge in [-0.05, 0) is 46.6 Å². The van der Waals surface area contributed by atoms with Crippen molar-refractivity contribution in [1.82, 2.24) is 4.57 Å². The highest BCUT2D eigenvalue weighted by Gasteiger charge is 2.24. The van der Waals surface area contributed by atoms with E-state index in [1.807, 2.05) is 0 Å². The smallest absolute Gasteiger partial charge is 0.307 e. The van der Waals surface area contributed by atoms with E-state index in [4.69, 9.17) is 11.6 Å². The standard InChI is InChI=1S/C16H11BrClNO4S/c1-7-9(5-13(21)22)14-10(2-3-11(20)15(14)18)19(7)16(23)8-4-12(17)24-6-8/h2-4,6,20H,5H2,1H3,(H,21,22). The number of carboxylic acids is 1. The molecule has 0 aliphatic carbocycles. The molecule has 3 aromatic rings. The number of aromatic hydroxyl groups is 1. The van der Waals surface area contributed by atoms with Crippen LogP contribution in [0.5, 0.6) is 5.75 Å². The number of carbonyl (C=O) groups excluding carboxylic acids is 1. The van der Waals surface area contributed by atoms with Crippen LogP contribution in [0.25, 0.3) is 10.9 Å². The van der Waals surface area contributed by atoms with Crippen LogP contribution in [-0.2, 0) is 11.2 Å². The zero-order valence-electron chi connectivity index (χ0n) is 12.3. The maximum absolute atomic E-state index is 12.9. The van der Waals surface area contributed by atoms with Crippen molar-refractivity contribution in [3.63, 3.8) is 0 Å². The second-order valence-corrected chi connectivity index (χ2v) is 7.88. The fraction of sp³-hybridized carbons (Fsp3) is 0.125. The Hall–Kier alpha value is -1.83. The van der Waals surface area contributed by atoms with Crippen LogP contribution in [0.3, 0.4) is 0 Å². The summed E-state index contributed by atoms with van der Waals surface area (Å²) in [6.45, 7) is 1.67. The zero-order valence-corrected chi connectivity index (χ0v) is 15.5. The van der Waals surface area contributed by atoms with Gasteiger partial charge in [0.15, 0.2) is 0 Å². The molecule has 0 aliphatic rings. The van der Waals surface area contributed by atoms with Gasteiger partial charge in [-0.1, -0.05) is 11.6 Å². The number of rotatable bonds is 3. The van der Waals surface area contributed by atoms with Gasteiger partial charge in [0, 0.05) is 16.5 Å². The summed E-state index contributed by atoms with van der Waals surface area (Å²) in [4.78, 5) is 24.1. The summed E-state index contributed by atoms with van der Waals surface area (Å²) < 4.78 is 2.26. The molecule has 0 fully saturated rings. The highest BCUT2D eigenvalue weighted by atomic mass is 79.9. The summed E-state index contributed by atoms with van der Waals surface area (Å²) in [5, 5.41) is 21.2. The van der Waals surface area contributed by atoms with Crippen LogP contribution < -0.4 is 0 Å². The van der Waals surface area contributed by atoms with Crippen molar-refractivity contribution in [2.24, 2.45) is 0 Å². The molecule has 0 amide bonds. The quantitative estimate of drug-likeness (QED) is 0.646. The first-order chi connectivity index (χ1) is 11.3. The average Bonchev–Trinajstić information content (AvgIpc) is 3.05. The van der Waals surface area contributed by atoms with Crippen LogP contribution in [0, 0.1) is 6.92 Å². The minimum absolute atomic E-state index is 0.0462. The van der Waals surface area contributed by atoms with E-state index in [0.29, 0.717) is 27.7 Å². The molecule has 2 N–H and O–H groups in total. The van der Waals surface area contributed by atoms with Gasteiger partial charge in [-0.3, -0.25) is 14.2 Å². The Morgan fingerprint density at radius 2 is 2.08 bits per heavy atom. The molecule has 8 heteroatoms. The third kappa shape index (κ3) is 2.72. The number of aliphatic carboxylic acids is 1. The Bertz CT molecular complexity index is 992. The number of phenolic OH excluding ortho intramolecular Hbond substituents is 1. The normalized spacial score (nSPS) is 11.1. The Balaban J connectivity index is 2.32. The molecular formula is C16H11BrClNO4S. The van der Waals surface area contributed by atoms with E-state index in [0.717, 1.165) is 3.79 Å². The van der Waals surface area contributed by atoms with Gasteiger partial charge in [0.1, 0.15) is 5.75 Å². The van der Waals surface area contributed by atoms with Gasteiger partial charge in [-0.15, -0.1) is 11.3 Å². The molecule has 0 saturated carbocycles. The highest BCUT2D eigenvalue weighted by molar-refractivity contribution is 9.11. The second-order valence-electron chi connectivity index (χ2n) is 5.21. The van der Waals surface area contributed by atoms with Gasteiger partial charge < -0.3 is 10.2 Å². The third-order valence-electron chi connectivity index (χ3n) is 3.76. The second kappa shape index (κ2) is 6.23. The SMILES string of the molecule is Cc1c(CC(=O)O)c2c(Cl)c(O)ccc2n1C(=O)c1csc(Br)c1. The number of phenols is 1. The van der Waals surface area contributed by atoms with E-state index in [1.54, 1.807) is 24.4 Å². The van der Waals surface area contributed by atoms with Crippen LogP contribution in [0.15, 0.2) is 27.4 Å². The Morgan fingerprint density at radius 1 is 1.38 bits per heavy atom. The summed E-state index contributed by atoms with van der Waals surface area (Å²) in [5.74, 6) is -1.47. The summed E-state index contributed by atoms with van der Waals surface area (Å²) >= 11 is 10.9. The largest absolute Gasteiger partial charge is 0.506 e. The molecule has 2 heterocycles. The number of carboxylic acid groups (broad SMARTS) is 1. The molecule has 2 aromatic heterocycles. The monoisotopic (exact) mass is 427 g/mol. The summed E-state index contributed by atoms with van der Waals surface area (Å²) in [7, 11) is 0. The van der Waals surface area contributed by atoms with E-state index in [1.165, 1.54) is 22.0 Å². The molecule has 1 aromatic carbocycles. The first kappa shape index (κ1) is 17.0. The fourth-order valence-electron chi connectivity index (χ4n) is 2.71. The number of carbonyl (C=O) groups is 2. The van der Waals surface area contributed by atoms with E-state index >= 15 is 0 Å². The topological polar surface area (TPSA) is 79.5 Å². The van der Waals surface area contributed by atoms with Crippen LogP contribution >= 0.6 is 38.9 Å². The van der Waals surface area contributed by atoms with Gasteiger partial charge in [0.25, 0.3) is 5.91 Å². The fourth-order valence-corrected chi connectivity index (χ4v) is 4.11. The maximum Gasteiger partial charge on any atom is 0.307 e. The highest BCUT2D eigenvalue weighted by Crippen LogP contribution is 2.38. The summed E-state index contributed by atoms with van der Waals surface area (Å²) in [6, 6.07) is 4.66. The van der Waals surface area contributed by atoms with Crippen molar-refractivity contribution >= 4 is 61.6 Å². The number of benzene rings is 1. The molecule has 0 radical (unpaired) electrons. The lowest BCUT2D eigenvalue weighted by atomic mass is 10.1. The molecule has 0 saturated heterocycles. The minimum atomic E-state index is -1.04. The van der Waals surface area contributed by atoms with Gasteiger partial charge in [-0.2, -0.15) is 0 Å². The zero-order chi connectivity index (χ0) is 17.6. The number of aromatic nitrogens is 1. The predicted octanol–water partition coefficient (Wildman–Crippen LogP) is 4.45. The van der Waals surface area contributed by atoms with Crippen LogP contribution in [0.1, 0.15) is 21.6 Å². The molecule has 0 aliphatic heterocycles. The van der Waals surface area contributed by atoms with Crippen LogP contribution in [0.2, 0.25) is 5.02 Å². The van der Waals surface area contributed by atoms with Crippen LogP contribution in [0.4, 0.5) is 0 Å². The van der Waals surface area contributed by atoms with Gasteiger partial charge in [0.2, 0.25) is 0 Å². The molecule has 124 valence electrons. The van der Waals surface area contributed by atoms with Crippen LogP contribution in [-0.4, -0.2) is 26.7 Å². The Morgan fingerprint density at radius 3 is 2.67 bits per heavy atom. The van der Waals surface area contributed by atoms with Gasteiger partial charge in [-0.25, -0.2) is 0 Å². The number of hydrogen-bond acceptors (Lipinski definition) is 4. The van der Waals surface area contributed by atoms with E-state index in [-0.39, 0.29) is 23.1 Å². The number of halogens is 2. The first-order valence-corrected chi connectivity index (χ1v) is 8.88. The van der Waals surface area contributed by atoms with Gasteiger partial charge >= 0.3 is 5.97 Å². The molecule has 5 nitrogen and oxygen atoms in total. The molecule has 3 rings (SSSR count). The number of thiophene rings is 1. The minimum Gasteiger partial charge on any atom is -0.506 e. The first-order valence-electron chi connectivity index (χ1n) is 6.83. The number of fused-ring (bicyclic) bond motifs is 1. The van der Waals surface area contributed by atoms with Crippen molar-refractivity contribution in [2.45, 2.75) is 13.3 Å². The van der Waals surface area contributed by atoms with E-state index in [2.05, 4.69) is 15.9 Å². The lowest BCUT2D eigenvalue weighted by Crippen LogP contribution is -2.13. The Kier molecular flexibility index (Phi) is 4.42. The van der Waals surface area contributed by atoms with E-state index in [9.17, 15) is 19.8 Å². The lowest BCUT2D eigenvalue weighted by molar-refractivity contribution is -0.136. The maximum atomic E-state index is 12.9. The summed E-state index contributed by atoms with van der Waals surface area (Å²) in [5.41, 5.74) is 1.87. The molecule has 24 heavy (non-hydrogen) atoms. The van der Waals surface area contributed by atoms with Gasteiger partial charge in [0.05, 0.1) is 26.3 Å². The van der Waals surface area contributed by atoms with Crippen molar-refractivity contribution in [3.8, 4) is 5.75 Å². The Labute approximate surface area is 154 Å². The molecule has 0 spiro atoms. The van der Waals surface area contributed by atoms with Crippen molar-refractivity contribution in [2.75, 3.05) is 0 Å². The van der Waals surface area contributed by atoms with Crippen molar-refractivity contribution < 1.29 is 19.8 Å². The lowest BCUT2D eigenvalue weighted by Gasteiger charge is -2.06. The van der Waals surface area contributed by atoms with Crippen molar-refractivity contribution in [1.29, 1.82) is 0 Å². The average molecular weight is 429 g/mol. The molecular weight excluding hydrogens is 418 g/mol. The van der Waals surface area contributed by atoms with Crippen molar-refractivity contribution in [3.05, 3.63) is 49.2 Å². The van der Waals surface area contributed by atoms with E-state index < -0.39 is 5.97 Å². The third-order valence-corrected chi connectivity index (χ3v) is 5.65. The predicted molar refractivity (Wildman–Crippen MR) is 96.4 cm³/mol. The summed E-state index contributed by atoms with van der Waals surface area (Å²) in [6.07, 6.45) is -0.293. The molecule has 0 unspecified atom stereocenters.